The fourth-order valence-electron chi connectivity index (χ4n) is 2.98. The summed E-state index contributed by atoms with van der Waals surface area (Å²) in [6, 6.07) is 13.2. The lowest BCUT2D eigenvalue weighted by molar-refractivity contribution is 0.357. The molecular weight excluding hydrogens is 489 g/mol. The van der Waals surface area contributed by atoms with Crippen molar-refractivity contribution in [3.8, 4) is 5.75 Å². The molecule has 0 spiro atoms. The molecular formula is C20H26IN3O3S. The molecule has 2 aromatic carbocycles. The van der Waals surface area contributed by atoms with Crippen LogP contribution in [0.5, 0.6) is 5.75 Å². The highest BCUT2D eigenvalue weighted by molar-refractivity contribution is 14.0. The smallest absolute Gasteiger partial charge is 0.191 e. The molecule has 1 aliphatic heterocycles. The molecule has 2 aromatic rings. The zero-order chi connectivity index (χ0) is 19.3. The van der Waals surface area contributed by atoms with Crippen LogP contribution in [0.15, 0.2) is 52.4 Å². The number of rotatable bonds is 6. The number of ether oxygens (including phenoxy) is 1. The van der Waals surface area contributed by atoms with Crippen LogP contribution in [0.1, 0.15) is 16.7 Å². The lowest BCUT2D eigenvalue weighted by Gasteiger charge is -2.12. The Balaban J connectivity index is 0.00000280. The molecule has 8 heteroatoms. The van der Waals surface area contributed by atoms with Gasteiger partial charge in [-0.05, 0) is 41.3 Å². The Labute approximate surface area is 183 Å². The average molecular weight is 515 g/mol. The monoisotopic (exact) mass is 515 g/mol. The fraction of sp³-hybridized carbons (Fsp3) is 0.350. The minimum Gasteiger partial charge on any atom is -0.493 e. The van der Waals surface area contributed by atoms with Gasteiger partial charge >= 0.3 is 0 Å². The molecule has 3 rings (SSSR count). The van der Waals surface area contributed by atoms with E-state index in [1.54, 1.807) is 19.2 Å². The number of nitrogens with zero attached hydrogens (tertiary/aromatic N) is 1. The lowest BCUT2D eigenvalue weighted by atomic mass is 10.1. The third-order valence-electron chi connectivity index (χ3n) is 4.50. The predicted octanol–water partition coefficient (Wildman–Crippen LogP) is 2.55. The minimum absolute atomic E-state index is 0. The Morgan fingerprint density at radius 2 is 1.82 bits per heavy atom. The van der Waals surface area contributed by atoms with Gasteiger partial charge in [0.05, 0.1) is 11.5 Å². The van der Waals surface area contributed by atoms with Gasteiger partial charge in [-0.3, -0.25) is 4.99 Å². The highest BCUT2D eigenvalue weighted by atomic mass is 127. The second-order valence-corrected chi connectivity index (χ2v) is 8.57. The Morgan fingerprint density at radius 1 is 1.11 bits per heavy atom. The molecule has 1 aliphatic rings. The van der Waals surface area contributed by atoms with Crippen molar-refractivity contribution in [2.45, 2.75) is 24.3 Å². The van der Waals surface area contributed by atoms with E-state index < -0.39 is 9.84 Å². The number of hydrogen-bond acceptors (Lipinski definition) is 4. The third kappa shape index (κ3) is 6.10. The number of nitrogens with one attached hydrogen (secondary N) is 2. The Kier molecular flexibility index (Phi) is 8.11. The standard InChI is InChI=1S/C20H25N3O3S.HI/c1-21-20(23-14-16-3-6-18(7-4-16)27(2,24)25)22-11-9-15-5-8-19-17(13-15)10-12-26-19;/h3-8,13H,9-12,14H2,1-2H3,(H2,21,22,23);1H. The van der Waals surface area contributed by atoms with Gasteiger partial charge in [-0.2, -0.15) is 0 Å². The molecule has 2 N–H and O–H groups in total. The number of halogens is 1. The molecule has 152 valence electrons. The number of hydrogen-bond donors (Lipinski definition) is 2. The molecule has 0 atom stereocenters. The van der Waals surface area contributed by atoms with Crippen molar-refractivity contribution < 1.29 is 13.2 Å². The van der Waals surface area contributed by atoms with E-state index in [0.29, 0.717) is 17.4 Å². The van der Waals surface area contributed by atoms with Crippen molar-refractivity contribution in [1.82, 2.24) is 10.6 Å². The van der Waals surface area contributed by atoms with E-state index in [1.165, 1.54) is 17.4 Å². The van der Waals surface area contributed by atoms with Gasteiger partial charge < -0.3 is 15.4 Å². The molecule has 6 nitrogen and oxygen atoms in total. The highest BCUT2D eigenvalue weighted by Gasteiger charge is 2.12. The largest absolute Gasteiger partial charge is 0.493 e. The van der Waals surface area contributed by atoms with Crippen LogP contribution in [0.3, 0.4) is 0 Å². The van der Waals surface area contributed by atoms with Gasteiger partial charge in [-0.25, -0.2) is 8.42 Å². The molecule has 0 saturated heterocycles. The zero-order valence-corrected chi connectivity index (χ0v) is 19.2. The lowest BCUT2D eigenvalue weighted by Crippen LogP contribution is -2.37. The van der Waals surface area contributed by atoms with Gasteiger partial charge in [0.1, 0.15) is 5.75 Å². The van der Waals surface area contributed by atoms with Crippen LogP contribution in [0, 0.1) is 0 Å². The van der Waals surface area contributed by atoms with Gasteiger partial charge in [0.15, 0.2) is 15.8 Å². The zero-order valence-electron chi connectivity index (χ0n) is 16.1. The topological polar surface area (TPSA) is 79.8 Å². The maximum Gasteiger partial charge on any atom is 0.191 e. The van der Waals surface area contributed by atoms with Crippen molar-refractivity contribution in [3.05, 3.63) is 59.2 Å². The van der Waals surface area contributed by atoms with Crippen LogP contribution < -0.4 is 15.4 Å². The fourth-order valence-corrected chi connectivity index (χ4v) is 3.61. The van der Waals surface area contributed by atoms with Gasteiger partial charge in [0.2, 0.25) is 0 Å². The number of sulfone groups is 1. The summed E-state index contributed by atoms with van der Waals surface area (Å²) in [5.41, 5.74) is 3.55. The second kappa shape index (κ2) is 10.1. The van der Waals surface area contributed by atoms with Crippen molar-refractivity contribution >= 4 is 39.8 Å². The molecule has 0 aromatic heterocycles. The molecule has 0 amide bonds. The van der Waals surface area contributed by atoms with Gasteiger partial charge in [-0.1, -0.05) is 24.3 Å². The van der Waals surface area contributed by atoms with Crippen molar-refractivity contribution in [3.63, 3.8) is 0 Å². The number of benzene rings is 2. The van der Waals surface area contributed by atoms with Crippen LogP contribution >= 0.6 is 24.0 Å². The van der Waals surface area contributed by atoms with E-state index in [0.717, 1.165) is 37.3 Å². The first-order valence-electron chi connectivity index (χ1n) is 8.94. The van der Waals surface area contributed by atoms with E-state index in [-0.39, 0.29) is 24.0 Å². The number of guanidine groups is 1. The Bertz CT molecular complexity index is 928. The average Bonchev–Trinajstić information content (AvgIpc) is 3.12. The normalized spacial score (nSPS) is 13.3. The summed E-state index contributed by atoms with van der Waals surface area (Å²) in [5.74, 6) is 1.72. The van der Waals surface area contributed by atoms with E-state index in [2.05, 4.69) is 27.8 Å². The first-order chi connectivity index (χ1) is 13.0. The van der Waals surface area contributed by atoms with Crippen molar-refractivity contribution in [1.29, 1.82) is 0 Å². The molecule has 0 fully saturated rings. The summed E-state index contributed by atoms with van der Waals surface area (Å²) in [5, 5.41) is 6.54. The summed E-state index contributed by atoms with van der Waals surface area (Å²) in [6.45, 7) is 2.12. The highest BCUT2D eigenvalue weighted by Crippen LogP contribution is 2.25. The van der Waals surface area contributed by atoms with Crippen molar-refractivity contribution in [2.24, 2.45) is 4.99 Å². The van der Waals surface area contributed by atoms with Crippen LogP contribution in [0.4, 0.5) is 0 Å². The quantitative estimate of drug-likeness (QED) is 0.351. The van der Waals surface area contributed by atoms with E-state index >= 15 is 0 Å². The van der Waals surface area contributed by atoms with Crippen LogP contribution in [-0.4, -0.2) is 40.8 Å². The minimum atomic E-state index is -3.16. The molecule has 0 saturated carbocycles. The SMILES string of the molecule is CN=C(NCCc1ccc2c(c1)CCO2)NCc1ccc(S(C)(=O)=O)cc1.I. The molecule has 1 heterocycles. The van der Waals surface area contributed by atoms with Gasteiger partial charge in [0, 0.05) is 32.8 Å². The first-order valence-corrected chi connectivity index (χ1v) is 10.8. The van der Waals surface area contributed by atoms with Gasteiger partial charge in [-0.15, -0.1) is 24.0 Å². The third-order valence-corrected chi connectivity index (χ3v) is 5.62. The van der Waals surface area contributed by atoms with Gasteiger partial charge in [0.25, 0.3) is 0 Å². The van der Waals surface area contributed by atoms with Crippen LogP contribution in [-0.2, 0) is 29.2 Å². The Hall–Kier alpha value is -1.81. The van der Waals surface area contributed by atoms with Crippen LogP contribution in [0.2, 0.25) is 0 Å². The van der Waals surface area contributed by atoms with E-state index in [4.69, 9.17) is 4.74 Å². The summed E-state index contributed by atoms with van der Waals surface area (Å²) >= 11 is 0. The molecule has 0 unspecified atom stereocenters. The van der Waals surface area contributed by atoms with E-state index in [9.17, 15) is 8.42 Å². The first kappa shape index (κ1) is 22.5. The second-order valence-electron chi connectivity index (χ2n) is 6.56. The summed E-state index contributed by atoms with van der Waals surface area (Å²) in [7, 11) is -1.43. The Morgan fingerprint density at radius 3 is 2.50 bits per heavy atom. The maximum atomic E-state index is 11.5. The predicted molar refractivity (Wildman–Crippen MR) is 123 cm³/mol. The molecule has 0 aliphatic carbocycles. The molecule has 0 radical (unpaired) electrons. The molecule has 0 bridgehead atoms. The number of aliphatic imine (C=N–C) groups is 1. The molecule has 28 heavy (non-hydrogen) atoms. The van der Waals surface area contributed by atoms with E-state index in [1.807, 2.05) is 18.2 Å². The summed E-state index contributed by atoms with van der Waals surface area (Å²) in [6.07, 6.45) is 3.09. The number of fused-ring (bicyclic) bond motifs is 1. The van der Waals surface area contributed by atoms with Crippen LogP contribution in [0.25, 0.3) is 0 Å². The summed E-state index contributed by atoms with van der Waals surface area (Å²) in [4.78, 5) is 4.55. The van der Waals surface area contributed by atoms with Crippen molar-refractivity contribution in [2.75, 3.05) is 26.5 Å². The summed E-state index contributed by atoms with van der Waals surface area (Å²) < 4.78 is 28.5. The maximum absolute atomic E-state index is 11.5.